The van der Waals surface area contributed by atoms with Crippen molar-refractivity contribution in [3.63, 3.8) is 0 Å². The number of esters is 2. The molecular formula is C116H148N5O4P2-. The lowest BCUT2D eigenvalue weighted by atomic mass is 9.91. The Hall–Kier alpha value is -12.1. The van der Waals surface area contributed by atoms with Crippen molar-refractivity contribution in [2.24, 2.45) is 10.8 Å². The van der Waals surface area contributed by atoms with Gasteiger partial charge in [0.25, 0.3) is 0 Å². The molecule has 1 aromatic heterocycles. The van der Waals surface area contributed by atoms with Gasteiger partial charge >= 0.3 is 11.9 Å². The molecule has 1 heterocycles. The standard InChI is InChI=1S/C43H40N2O2.C24H25NO2.C22H23N.C16H17N.C3H10P2.8CH4.H/c1-5-43(3,4)42(46)47-41-29-27-39(28-30-41)44(35-14-8-6-9-15-35)37-23-19-33(20-24-37)34-21-25-38(26-22-34)45(36-16-10-7-11-17-36)40-18-12-13-32(2)31-40;1-4-24(2,3)23(26)27-22-17-15-21(16-18-22)25(19-11-7-5-8-12-19)20-13-9-6-10-14-20;1-3-18(2)19-14-16-22(17-15-19)23(20-10-6-4-7-11-20)21-12-8-5-9-13-21;1-3-12(2)17-15-10-6-4-8-13(15)14-9-5-7-11-16(14)17;1-4-5(2)3;;;;;;;;;/h6-31H,5H2,1-4H3;5-18H,4H2,1-3H3;4-18H,3H2,1-2H3;4-12H,3H2,1-2H3;4H,1-3H3;8*1H4;/q;;;;;;;;;;;;;-1/i;;;;4T;;;;;;;;;1+1. The second-order valence-corrected chi connectivity index (χ2v) is 36.8. The van der Waals surface area contributed by atoms with Crippen molar-refractivity contribution < 1.29 is 20.5 Å². The summed E-state index contributed by atoms with van der Waals surface area (Å²) in [5, 5.41) is 2.73. The molecule has 0 saturated carbocycles. The van der Waals surface area contributed by atoms with Gasteiger partial charge in [0.1, 0.15) is 11.5 Å². The summed E-state index contributed by atoms with van der Waals surface area (Å²) in [7, 11) is -0.273. The monoisotopic (exact) mass is 1740 g/mol. The van der Waals surface area contributed by atoms with Crippen LogP contribution < -0.4 is 29.1 Å². The van der Waals surface area contributed by atoms with Gasteiger partial charge in [0.2, 0.25) is 0 Å². The predicted octanol–water partition coefficient (Wildman–Crippen LogP) is 37.0. The highest BCUT2D eigenvalue weighted by Gasteiger charge is 2.29. The van der Waals surface area contributed by atoms with Gasteiger partial charge in [0, 0.05) is 96.1 Å². The number of carbonyl (C=O) groups excluding carboxylic acids is 2. The van der Waals surface area contributed by atoms with Crippen LogP contribution in [-0.2, 0) is 9.59 Å². The number of nitrogens with zero attached hydrogens (tertiary/aromatic N) is 5. The highest BCUT2D eigenvalue weighted by molar-refractivity contribution is 8.20. The largest absolute Gasteiger partial charge is 1.00 e. The summed E-state index contributed by atoms with van der Waals surface area (Å²) in [6.07, 6.45) is 3.77. The Morgan fingerprint density at radius 3 is 0.858 bits per heavy atom. The van der Waals surface area contributed by atoms with E-state index in [1.54, 1.807) is 0 Å². The first-order valence-corrected chi connectivity index (χ1v) is 45.8. The van der Waals surface area contributed by atoms with Gasteiger partial charge in [-0.1, -0.05) is 304 Å². The fourth-order valence-electron chi connectivity index (χ4n) is 13.5. The average Bonchev–Trinajstić information content (AvgIpc) is 1.61. The van der Waals surface area contributed by atoms with Crippen LogP contribution in [-0.4, -0.2) is 37.8 Å². The molecule has 15 aromatic rings. The molecule has 0 N–H and O–H groups in total. The molecule has 0 fully saturated rings. The summed E-state index contributed by atoms with van der Waals surface area (Å²) in [5.41, 5.74) is 19.7. The average molecular weight is 1740 g/mol. The first kappa shape index (κ1) is 107. The van der Waals surface area contributed by atoms with Crippen molar-refractivity contribution in [3.8, 4) is 22.6 Å². The Kier molecular flexibility index (Phi) is 45.1. The van der Waals surface area contributed by atoms with Crippen LogP contribution in [0, 0.1) is 17.8 Å². The molecule has 672 valence electrons. The molecule has 0 spiro atoms. The third kappa shape index (κ3) is 29.0. The summed E-state index contributed by atoms with van der Waals surface area (Å²) in [6, 6.07) is 130. The van der Waals surface area contributed by atoms with Gasteiger partial charge in [-0.25, -0.2) is 0 Å². The zero-order valence-corrected chi connectivity index (χ0v) is 73.3. The van der Waals surface area contributed by atoms with Crippen LogP contribution in [0.1, 0.15) is 179 Å². The molecule has 14 aromatic carbocycles. The molecule has 9 nitrogen and oxygen atoms in total. The lowest BCUT2D eigenvalue weighted by Crippen LogP contribution is -2.28. The smallest absolute Gasteiger partial charge is 0.316 e. The normalized spacial score (nSPS) is 11.2. The highest BCUT2D eigenvalue weighted by Crippen LogP contribution is 2.46. The van der Waals surface area contributed by atoms with Gasteiger partial charge in [-0.05, 0) is 297 Å². The van der Waals surface area contributed by atoms with E-state index in [0.717, 1.165) is 75.2 Å². The molecular weight excluding hydrogens is 1590 g/mol. The molecule has 0 amide bonds. The number of carbonyl (C=O) groups is 2. The number of hydrogen-bond acceptors (Lipinski definition) is 8. The minimum atomic E-state index is -0.529. The van der Waals surface area contributed by atoms with Crippen LogP contribution in [0.25, 0.3) is 32.9 Å². The SMILES string of the molecule is C.C.C.C.C.C.C.C.CCC(C)(C)C(=O)Oc1ccc(N(c2ccccc2)c2ccc(-c3ccc(N(c4ccccc4)c4cccc(C)c4)cc3)cc2)cc1.CCC(C)(C)C(=O)Oc1ccc(N(c2ccccc2)c2ccccc2)cc1.CCC(C)c1ccc(N(c2ccccc2)c2ccccc2)cc1.CCC(C)n1c2ccccc2c2ccccc21.[2H-].[3H]P(C)P(C)C. The second kappa shape index (κ2) is 53.4. The number of anilines is 12. The first-order chi connectivity index (χ1) is 58.1. The first-order valence-electron chi connectivity index (χ1n) is 41.9. The van der Waals surface area contributed by atoms with Crippen molar-refractivity contribution in [2.45, 2.75) is 173 Å². The highest BCUT2D eigenvalue weighted by atomic mass is 32.0. The van der Waals surface area contributed by atoms with Crippen molar-refractivity contribution in [1.29, 1.82) is 1.28 Å². The number of para-hydroxylation sites is 8. The molecule has 0 saturated heterocycles. The molecule has 11 heteroatoms. The van der Waals surface area contributed by atoms with E-state index in [-0.39, 0.29) is 88.6 Å². The lowest BCUT2D eigenvalue weighted by molar-refractivity contribution is -0.144. The van der Waals surface area contributed by atoms with Gasteiger partial charge in [0.15, 0.2) is 0 Å². The van der Waals surface area contributed by atoms with Crippen LogP contribution in [0.3, 0.4) is 0 Å². The van der Waals surface area contributed by atoms with Crippen molar-refractivity contribution >= 4 is 118 Å². The lowest BCUT2D eigenvalue weighted by Gasteiger charge is -2.26. The minimum Gasteiger partial charge on any atom is -1.00 e. The molecule has 3 unspecified atom stereocenters. The maximum absolute atomic E-state index is 12.6. The summed E-state index contributed by atoms with van der Waals surface area (Å²) in [6.45, 7) is 29.1. The van der Waals surface area contributed by atoms with E-state index in [1.165, 1.54) is 56.4 Å². The number of rotatable bonds is 24. The second-order valence-electron chi connectivity index (χ2n) is 31.1. The van der Waals surface area contributed by atoms with Gasteiger partial charge in [-0.3, -0.25) is 9.59 Å². The van der Waals surface area contributed by atoms with E-state index in [9.17, 15) is 9.59 Å². The zero-order chi connectivity index (χ0) is 85.1. The Balaban J connectivity index is 0.000000591. The number of aryl methyl sites for hydroxylation is 1. The molecule has 0 aliphatic carbocycles. The summed E-state index contributed by atoms with van der Waals surface area (Å²) < 4.78 is 20.8. The van der Waals surface area contributed by atoms with Crippen LogP contribution in [0.5, 0.6) is 11.5 Å². The molecule has 0 radical (unpaired) electrons. The van der Waals surface area contributed by atoms with Crippen LogP contribution in [0.4, 0.5) is 68.2 Å². The van der Waals surface area contributed by atoms with Crippen LogP contribution >= 0.6 is 15.8 Å². The molecule has 0 bridgehead atoms. The minimum absolute atomic E-state index is 0. The summed E-state index contributed by atoms with van der Waals surface area (Å²) in [5.74, 6) is 1.28. The third-order valence-corrected chi connectivity index (χ3v) is 25.0. The number of benzene rings is 14. The summed E-state index contributed by atoms with van der Waals surface area (Å²) >= 11 is 0. The van der Waals surface area contributed by atoms with Crippen molar-refractivity contribution in [2.75, 3.05) is 39.6 Å². The number of ether oxygens (including phenoxy) is 2. The van der Waals surface area contributed by atoms with Gasteiger partial charge in [-0.2, -0.15) is 0 Å². The topological polar surface area (TPSA) is 70.5 Å². The van der Waals surface area contributed by atoms with Gasteiger partial charge in [-0.15, -0.1) is 0 Å². The van der Waals surface area contributed by atoms with Gasteiger partial charge in [0.05, 0.1) is 12.1 Å². The maximum atomic E-state index is 12.6. The fraction of sp³-hybridized carbons (Fsp3) is 0.259. The molecule has 3 atom stereocenters. The van der Waals surface area contributed by atoms with E-state index in [1.807, 2.05) is 157 Å². The number of aromatic nitrogens is 1. The number of hydrogen-bond donors (Lipinski definition) is 0. The van der Waals surface area contributed by atoms with Crippen LogP contribution in [0.2, 0.25) is 0 Å². The van der Waals surface area contributed by atoms with E-state index < -0.39 is 10.8 Å². The van der Waals surface area contributed by atoms with Crippen molar-refractivity contribution in [1.82, 2.24) is 4.57 Å². The Morgan fingerprint density at radius 1 is 0.354 bits per heavy atom. The Labute approximate surface area is 772 Å². The molecule has 0 aliphatic rings. The van der Waals surface area contributed by atoms with E-state index in [0.29, 0.717) is 29.9 Å². The maximum Gasteiger partial charge on any atom is 0.316 e. The third-order valence-electron chi connectivity index (χ3n) is 21.8. The molecule has 127 heavy (non-hydrogen) atoms. The fourth-order valence-corrected chi connectivity index (χ4v) is 13.5. The number of fused-ring (bicyclic) bond motifs is 3. The summed E-state index contributed by atoms with van der Waals surface area (Å²) in [4.78, 5) is 33.9. The zero-order valence-electron chi connectivity index (χ0n) is 73.5. The quantitative estimate of drug-likeness (QED) is 0.0337. The Bertz CT molecular complexity index is 5500. The van der Waals surface area contributed by atoms with E-state index >= 15 is 0 Å². The van der Waals surface area contributed by atoms with E-state index in [4.69, 9.17) is 10.8 Å². The predicted molar refractivity (Wildman–Crippen MR) is 569 cm³/mol. The Morgan fingerprint density at radius 2 is 0.598 bits per heavy atom. The van der Waals surface area contributed by atoms with Gasteiger partial charge < -0.3 is 35.1 Å². The van der Waals surface area contributed by atoms with E-state index in [2.05, 4.69) is 339 Å². The van der Waals surface area contributed by atoms with Crippen molar-refractivity contribution in [3.05, 3.63) is 387 Å². The van der Waals surface area contributed by atoms with Crippen LogP contribution in [0.15, 0.2) is 376 Å². The molecule has 0 aliphatic heterocycles. The molecule has 15 rings (SSSR count).